The van der Waals surface area contributed by atoms with Crippen LogP contribution in [0.2, 0.25) is 0 Å². The Bertz CT molecular complexity index is 250. The predicted octanol–water partition coefficient (Wildman–Crippen LogP) is 1.23. The second kappa shape index (κ2) is 13.2. The van der Waals surface area contributed by atoms with Crippen LogP contribution in [-0.4, -0.2) is 82.2 Å². The molecule has 1 aliphatic rings. The van der Waals surface area contributed by atoms with E-state index < -0.39 is 0 Å². The molecule has 0 aromatic rings. The Morgan fingerprint density at radius 1 is 1.33 bits per heavy atom. The number of aldehydes is 1. The molecule has 21 heavy (non-hydrogen) atoms. The van der Waals surface area contributed by atoms with E-state index in [0.29, 0.717) is 6.04 Å². The van der Waals surface area contributed by atoms with Crippen molar-refractivity contribution in [1.29, 1.82) is 0 Å². The van der Waals surface area contributed by atoms with Crippen LogP contribution in [0.25, 0.3) is 0 Å². The van der Waals surface area contributed by atoms with Gasteiger partial charge in [-0.25, -0.2) is 0 Å². The highest BCUT2D eigenvalue weighted by Crippen LogP contribution is 2.17. The number of ether oxygens (including phenoxy) is 1. The van der Waals surface area contributed by atoms with E-state index in [1.165, 1.54) is 12.8 Å². The zero-order valence-electron chi connectivity index (χ0n) is 14.6. The van der Waals surface area contributed by atoms with Gasteiger partial charge in [-0.15, -0.1) is 0 Å². The van der Waals surface area contributed by atoms with E-state index >= 15 is 0 Å². The molecule has 0 spiro atoms. The van der Waals surface area contributed by atoms with Crippen LogP contribution in [0, 0.1) is 0 Å². The highest BCUT2D eigenvalue weighted by molar-refractivity contribution is 5.58. The van der Waals surface area contributed by atoms with Gasteiger partial charge in [0.2, 0.25) is 0 Å². The molecular formula is C16H35N3O2. The normalized spacial score (nSPS) is 21.5. The minimum Gasteiger partial charge on any atom is -0.385 e. The molecule has 0 aromatic heterocycles. The first kappa shape index (κ1) is 20.5. The van der Waals surface area contributed by atoms with E-state index in [0.717, 1.165) is 45.5 Å². The van der Waals surface area contributed by atoms with E-state index in [9.17, 15) is 4.79 Å². The monoisotopic (exact) mass is 301 g/mol. The zero-order valence-corrected chi connectivity index (χ0v) is 14.6. The first-order chi connectivity index (χ1) is 10.1. The third kappa shape index (κ3) is 8.51. The molecule has 0 radical (unpaired) electrons. The number of likely N-dealkylation sites (N-methyl/N-ethyl adjacent to an activating group) is 1. The van der Waals surface area contributed by atoms with E-state index in [4.69, 9.17) is 0 Å². The SMILES string of the molecule is CCCC(CCNC)N1CCN(C)CC1C=O.CCOC. The molecule has 2 atom stereocenters. The van der Waals surface area contributed by atoms with Crippen LogP contribution in [0.15, 0.2) is 0 Å². The molecular weight excluding hydrogens is 266 g/mol. The van der Waals surface area contributed by atoms with Crippen LogP contribution in [0.5, 0.6) is 0 Å². The van der Waals surface area contributed by atoms with Gasteiger partial charge in [0, 0.05) is 39.4 Å². The lowest BCUT2D eigenvalue weighted by Gasteiger charge is -2.42. The van der Waals surface area contributed by atoms with Gasteiger partial charge in [0.25, 0.3) is 0 Å². The summed E-state index contributed by atoms with van der Waals surface area (Å²) in [4.78, 5) is 15.9. The van der Waals surface area contributed by atoms with Crippen molar-refractivity contribution in [3.63, 3.8) is 0 Å². The van der Waals surface area contributed by atoms with Gasteiger partial charge in [0.05, 0.1) is 6.04 Å². The standard InChI is InChI=1S/C13H27N3O.C3H8O/c1-4-5-12(6-7-14-2)16-9-8-15(3)10-13(16)11-17;1-3-4-2/h11-14H,4-10H2,1-3H3;3H2,1-2H3. The maximum absolute atomic E-state index is 11.2. The summed E-state index contributed by atoms with van der Waals surface area (Å²) in [7, 11) is 5.76. The van der Waals surface area contributed by atoms with Crippen molar-refractivity contribution in [3.8, 4) is 0 Å². The summed E-state index contributed by atoms with van der Waals surface area (Å²) in [6.07, 6.45) is 4.64. The van der Waals surface area contributed by atoms with Crippen molar-refractivity contribution in [3.05, 3.63) is 0 Å². The quantitative estimate of drug-likeness (QED) is 0.683. The highest BCUT2D eigenvalue weighted by Gasteiger charge is 2.29. The predicted molar refractivity (Wildman–Crippen MR) is 88.8 cm³/mol. The number of nitrogens with one attached hydrogen (secondary N) is 1. The third-order valence-electron chi connectivity index (χ3n) is 3.93. The molecule has 0 saturated carbocycles. The fourth-order valence-corrected chi connectivity index (χ4v) is 2.66. The lowest BCUT2D eigenvalue weighted by Crippen LogP contribution is -2.56. The van der Waals surface area contributed by atoms with E-state index in [1.807, 2.05) is 14.0 Å². The molecule has 1 aliphatic heterocycles. The first-order valence-electron chi connectivity index (χ1n) is 8.17. The number of methoxy groups -OCH3 is 1. The maximum atomic E-state index is 11.2. The summed E-state index contributed by atoms with van der Waals surface area (Å²) < 4.78 is 4.54. The molecule has 0 aromatic carbocycles. The summed E-state index contributed by atoms with van der Waals surface area (Å²) >= 11 is 0. The summed E-state index contributed by atoms with van der Waals surface area (Å²) in [5, 5.41) is 3.21. The smallest absolute Gasteiger partial charge is 0.138 e. The van der Waals surface area contributed by atoms with Crippen LogP contribution in [-0.2, 0) is 9.53 Å². The summed E-state index contributed by atoms with van der Waals surface area (Å²) in [6.45, 7) is 9.00. The Balaban J connectivity index is 0.000000885. The Morgan fingerprint density at radius 2 is 2.00 bits per heavy atom. The molecule has 5 nitrogen and oxygen atoms in total. The molecule has 1 saturated heterocycles. The van der Waals surface area contributed by atoms with Crippen LogP contribution in [0.4, 0.5) is 0 Å². The summed E-state index contributed by atoms with van der Waals surface area (Å²) in [5.74, 6) is 0. The van der Waals surface area contributed by atoms with Gasteiger partial charge in [0.15, 0.2) is 0 Å². The van der Waals surface area contributed by atoms with Crippen molar-refractivity contribution in [2.24, 2.45) is 0 Å². The Labute approximate surface area is 131 Å². The molecule has 5 heteroatoms. The summed E-state index contributed by atoms with van der Waals surface area (Å²) in [6, 6.07) is 0.638. The Kier molecular flexibility index (Phi) is 12.9. The lowest BCUT2D eigenvalue weighted by molar-refractivity contribution is -0.115. The second-order valence-electron chi connectivity index (χ2n) is 5.62. The van der Waals surface area contributed by atoms with Crippen molar-refractivity contribution in [1.82, 2.24) is 15.1 Å². The van der Waals surface area contributed by atoms with Crippen LogP contribution < -0.4 is 5.32 Å². The molecule has 1 N–H and O–H groups in total. The topological polar surface area (TPSA) is 44.8 Å². The summed E-state index contributed by atoms with van der Waals surface area (Å²) in [5.41, 5.74) is 0. The minimum absolute atomic E-state index is 0.0853. The van der Waals surface area contributed by atoms with Crippen LogP contribution in [0.1, 0.15) is 33.1 Å². The van der Waals surface area contributed by atoms with Gasteiger partial charge >= 0.3 is 0 Å². The fraction of sp³-hybridized carbons (Fsp3) is 0.938. The molecule has 1 heterocycles. The highest BCUT2D eigenvalue weighted by atomic mass is 16.5. The van der Waals surface area contributed by atoms with E-state index in [1.54, 1.807) is 7.11 Å². The maximum Gasteiger partial charge on any atom is 0.138 e. The Hall–Kier alpha value is -0.490. The van der Waals surface area contributed by atoms with Gasteiger partial charge in [-0.3, -0.25) is 4.90 Å². The van der Waals surface area contributed by atoms with Crippen LogP contribution in [0.3, 0.4) is 0 Å². The van der Waals surface area contributed by atoms with Crippen molar-refractivity contribution < 1.29 is 9.53 Å². The average molecular weight is 301 g/mol. The number of nitrogens with zero attached hydrogens (tertiary/aromatic N) is 2. The van der Waals surface area contributed by atoms with Gasteiger partial charge < -0.3 is 19.7 Å². The lowest BCUT2D eigenvalue weighted by atomic mass is 10.0. The number of rotatable bonds is 8. The van der Waals surface area contributed by atoms with Crippen molar-refractivity contribution in [2.75, 3.05) is 54.0 Å². The van der Waals surface area contributed by atoms with Crippen molar-refractivity contribution in [2.45, 2.75) is 45.2 Å². The minimum atomic E-state index is 0.0853. The number of hydrogen-bond acceptors (Lipinski definition) is 5. The van der Waals surface area contributed by atoms with E-state index in [-0.39, 0.29) is 6.04 Å². The molecule has 2 unspecified atom stereocenters. The molecule has 0 aliphatic carbocycles. The average Bonchev–Trinajstić information content (AvgIpc) is 2.51. The number of piperazine rings is 1. The molecule has 0 bridgehead atoms. The molecule has 1 fully saturated rings. The van der Waals surface area contributed by atoms with Gasteiger partial charge in [-0.1, -0.05) is 13.3 Å². The van der Waals surface area contributed by atoms with Gasteiger partial charge in [-0.05, 0) is 40.4 Å². The van der Waals surface area contributed by atoms with E-state index in [2.05, 4.69) is 33.8 Å². The number of carbonyl (C=O) groups is 1. The van der Waals surface area contributed by atoms with Gasteiger partial charge in [-0.2, -0.15) is 0 Å². The number of carbonyl (C=O) groups excluding carboxylic acids is 1. The molecule has 0 amide bonds. The third-order valence-corrected chi connectivity index (χ3v) is 3.93. The van der Waals surface area contributed by atoms with Crippen LogP contribution >= 0.6 is 0 Å². The number of hydrogen-bond donors (Lipinski definition) is 1. The molecule has 1 rings (SSSR count). The molecule has 126 valence electrons. The Morgan fingerprint density at radius 3 is 2.48 bits per heavy atom. The van der Waals surface area contributed by atoms with Crippen molar-refractivity contribution >= 4 is 6.29 Å². The zero-order chi connectivity index (χ0) is 16.1. The fourth-order valence-electron chi connectivity index (χ4n) is 2.66. The largest absolute Gasteiger partial charge is 0.385 e. The second-order valence-corrected chi connectivity index (χ2v) is 5.62. The van der Waals surface area contributed by atoms with Gasteiger partial charge in [0.1, 0.15) is 6.29 Å². The first-order valence-corrected chi connectivity index (χ1v) is 8.17.